The normalized spacial score (nSPS) is 12.4. The SMILES string of the molecule is CNC(Cc1ccncc1)c1c(F)cccc1Br. The number of pyridine rings is 1. The lowest BCUT2D eigenvalue weighted by atomic mass is 9.99. The lowest BCUT2D eigenvalue weighted by Crippen LogP contribution is -2.20. The van der Waals surface area contributed by atoms with Gasteiger partial charge >= 0.3 is 0 Å². The lowest BCUT2D eigenvalue weighted by molar-refractivity contribution is 0.531. The van der Waals surface area contributed by atoms with Gasteiger partial charge in [-0.3, -0.25) is 4.98 Å². The van der Waals surface area contributed by atoms with Crippen LogP contribution in [0.2, 0.25) is 0 Å². The third kappa shape index (κ3) is 2.94. The molecule has 1 atom stereocenters. The maximum atomic E-state index is 13.9. The Kier molecular flexibility index (Phi) is 4.44. The van der Waals surface area contributed by atoms with Crippen LogP contribution in [0.15, 0.2) is 47.2 Å². The molecule has 0 fully saturated rings. The molecular weight excluding hydrogens is 295 g/mol. The van der Waals surface area contributed by atoms with Crippen LogP contribution in [0.3, 0.4) is 0 Å². The van der Waals surface area contributed by atoms with Crippen molar-refractivity contribution in [3.8, 4) is 0 Å². The Morgan fingerprint density at radius 3 is 2.61 bits per heavy atom. The minimum absolute atomic E-state index is 0.0667. The fraction of sp³-hybridized carbons (Fsp3) is 0.214. The predicted molar refractivity (Wildman–Crippen MR) is 73.8 cm³/mol. The van der Waals surface area contributed by atoms with Gasteiger partial charge in [-0.15, -0.1) is 0 Å². The number of nitrogens with one attached hydrogen (secondary N) is 1. The second-order valence-corrected chi connectivity index (χ2v) is 4.89. The van der Waals surface area contributed by atoms with Gasteiger partial charge in [0.15, 0.2) is 0 Å². The van der Waals surface area contributed by atoms with E-state index < -0.39 is 0 Å². The summed E-state index contributed by atoms with van der Waals surface area (Å²) in [6.45, 7) is 0. The van der Waals surface area contributed by atoms with E-state index >= 15 is 0 Å². The van der Waals surface area contributed by atoms with Crippen molar-refractivity contribution < 1.29 is 4.39 Å². The molecule has 4 heteroatoms. The highest BCUT2D eigenvalue weighted by molar-refractivity contribution is 9.10. The Balaban J connectivity index is 2.29. The third-order valence-electron chi connectivity index (χ3n) is 2.89. The highest BCUT2D eigenvalue weighted by atomic mass is 79.9. The van der Waals surface area contributed by atoms with Gasteiger partial charge in [-0.05, 0) is 43.3 Å². The van der Waals surface area contributed by atoms with Gasteiger partial charge in [0, 0.05) is 28.5 Å². The molecule has 1 aromatic carbocycles. The van der Waals surface area contributed by atoms with Crippen LogP contribution >= 0.6 is 15.9 Å². The summed E-state index contributed by atoms with van der Waals surface area (Å²) in [5.74, 6) is -0.196. The molecule has 1 unspecified atom stereocenters. The molecule has 2 aromatic rings. The van der Waals surface area contributed by atoms with Crippen molar-refractivity contribution >= 4 is 15.9 Å². The Hall–Kier alpha value is -1.26. The van der Waals surface area contributed by atoms with Crippen molar-refractivity contribution in [2.45, 2.75) is 12.5 Å². The summed E-state index contributed by atoms with van der Waals surface area (Å²) >= 11 is 3.41. The quantitative estimate of drug-likeness (QED) is 0.935. The summed E-state index contributed by atoms with van der Waals surface area (Å²) in [6, 6.07) is 8.86. The van der Waals surface area contributed by atoms with Gasteiger partial charge in [-0.2, -0.15) is 0 Å². The first-order valence-electron chi connectivity index (χ1n) is 5.72. The molecule has 0 spiro atoms. The number of hydrogen-bond acceptors (Lipinski definition) is 2. The van der Waals surface area contributed by atoms with Crippen molar-refractivity contribution in [2.75, 3.05) is 7.05 Å². The average molecular weight is 309 g/mol. The second kappa shape index (κ2) is 6.07. The molecule has 18 heavy (non-hydrogen) atoms. The van der Waals surface area contributed by atoms with Gasteiger partial charge < -0.3 is 5.32 Å². The summed E-state index contributed by atoms with van der Waals surface area (Å²) in [5.41, 5.74) is 1.79. The number of nitrogens with zero attached hydrogens (tertiary/aromatic N) is 1. The molecule has 0 aliphatic rings. The van der Waals surface area contributed by atoms with Gasteiger partial charge in [0.25, 0.3) is 0 Å². The van der Waals surface area contributed by atoms with Crippen LogP contribution in [0, 0.1) is 5.82 Å². The Labute approximate surface area is 114 Å². The van der Waals surface area contributed by atoms with E-state index in [1.165, 1.54) is 6.07 Å². The van der Waals surface area contributed by atoms with Gasteiger partial charge in [0.05, 0.1) is 0 Å². The summed E-state index contributed by atoms with van der Waals surface area (Å²) < 4.78 is 14.7. The van der Waals surface area contributed by atoms with E-state index in [-0.39, 0.29) is 11.9 Å². The van der Waals surface area contributed by atoms with Gasteiger partial charge in [-0.25, -0.2) is 4.39 Å². The molecule has 0 bridgehead atoms. The molecule has 0 aliphatic carbocycles. The van der Waals surface area contributed by atoms with E-state index in [1.807, 2.05) is 25.2 Å². The second-order valence-electron chi connectivity index (χ2n) is 4.04. The Morgan fingerprint density at radius 1 is 1.28 bits per heavy atom. The molecule has 0 saturated heterocycles. The molecular formula is C14H14BrFN2. The first-order valence-corrected chi connectivity index (χ1v) is 6.51. The zero-order valence-electron chi connectivity index (χ0n) is 10.0. The maximum absolute atomic E-state index is 13.9. The molecule has 94 valence electrons. The molecule has 1 N–H and O–H groups in total. The third-order valence-corrected chi connectivity index (χ3v) is 3.58. The maximum Gasteiger partial charge on any atom is 0.129 e. The summed E-state index contributed by atoms with van der Waals surface area (Å²) in [7, 11) is 1.84. The number of rotatable bonds is 4. The van der Waals surface area contributed by atoms with Crippen LogP contribution in [0.1, 0.15) is 17.2 Å². The van der Waals surface area contributed by atoms with E-state index in [0.717, 1.165) is 16.5 Å². The topological polar surface area (TPSA) is 24.9 Å². The zero-order chi connectivity index (χ0) is 13.0. The van der Waals surface area contributed by atoms with E-state index in [4.69, 9.17) is 0 Å². The standard InChI is InChI=1S/C14H14BrFN2/c1-17-13(9-10-5-7-18-8-6-10)14-11(15)3-2-4-12(14)16/h2-8,13,17H,9H2,1H3. The molecule has 0 saturated carbocycles. The van der Waals surface area contributed by atoms with Crippen molar-refractivity contribution in [1.82, 2.24) is 10.3 Å². The van der Waals surface area contributed by atoms with E-state index in [9.17, 15) is 4.39 Å². The first kappa shape index (κ1) is 13.2. The minimum atomic E-state index is -0.196. The number of likely N-dealkylation sites (N-methyl/N-ethyl adjacent to an activating group) is 1. The molecule has 0 amide bonds. The van der Waals surface area contributed by atoms with E-state index in [2.05, 4.69) is 26.2 Å². The summed E-state index contributed by atoms with van der Waals surface area (Å²) in [5, 5.41) is 3.16. The molecule has 0 radical (unpaired) electrons. The van der Waals surface area contributed by atoms with Crippen LogP contribution in [-0.4, -0.2) is 12.0 Å². The molecule has 2 nitrogen and oxygen atoms in total. The van der Waals surface area contributed by atoms with Crippen LogP contribution < -0.4 is 5.32 Å². The van der Waals surface area contributed by atoms with E-state index in [0.29, 0.717) is 5.56 Å². The van der Waals surface area contributed by atoms with Gasteiger partial charge in [0.2, 0.25) is 0 Å². The van der Waals surface area contributed by atoms with Crippen LogP contribution in [0.4, 0.5) is 4.39 Å². The zero-order valence-corrected chi connectivity index (χ0v) is 11.6. The van der Waals surface area contributed by atoms with Crippen molar-refractivity contribution in [3.05, 3.63) is 64.1 Å². The predicted octanol–water partition coefficient (Wildman–Crippen LogP) is 3.49. The molecule has 1 aromatic heterocycles. The molecule has 0 aliphatic heterocycles. The van der Waals surface area contributed by atoms with Crippen LogP contribution in [0.5, 0.6) is 0 Å². The number of benzene rings is 1. The first-order chi connectivity index (χ1) is 8.72. The summed E-state index contributed by atoms with van der Waals surface area (Å²) in [4.78, 5) is 3.98. The number of hydrogen-bond donors (Lipinski definition) is 1. The summed E-state index contributed by atoms with van der Waals surface area (Å²) in [6.07, 6.45) is 4.22. The van der Waals surface area contributed by atoms with Crippen molar-refractivity contribution in [3.63, 3.8) is 0 Å². The monoisotopic (exact) mass is 308 g/mol. The lowest BCUT2D eigenvalue weighted by Gasteiger charge is -2.19. The largest absolute Gasteiger partial charge is 0.313 e. The highest BCUT2D eigenvalue weighted by Crippen LogP contribution is 2.28. The average Bonchev–Trinajstić information content (AvgIpc) is 2.38. The highest BCUT2D eigenvalue weighted by Gasteiger charge is 2.17. The number of halogens is 2. The Bertz CT molecular complexity index is 496. The Morgan fingerprint density at radius 2 is 2.00 bits per heavy atom. The minimum Gasteiger partial charge on any atom is -0.313 e. The van der Waals surface area contributed by atoms with Gasteiger partial charge in [-0.1, -0.05) is 22.0 Å². The number of aromatic nitrogens is 1. The van der Waals surface area contributed by atoms with Crippen LogP contribution in [-0.2, 0) is 6.42 Å². The fourth-order valence-corrected chi connectivity index (χ4v) is 2.56. The van der Waals surface area contributed by atoms with Crippen LogP contribution in [0.25, 0.3) is 0 Å². The smallest absolute Gasteiger partial charge is 0.129 e. The van der Waals surface area contributed by atoms with Gasteiger partial charge in [0.1, 0.15) is 5.82 Å². The molecule has 2 rings (SSSR count). The van der Waals surface area contributed by atoms with Crippen molar-refractivity contribution in [1.29, 1.82) is 0 Å². The van der Waals surface area contributed by atoms with E-state index in [1.54, 1.807) is 18.5 Å². The van der Waals surface area contributed by atoms with Crippen molar-refractivity contribution in [2.24, 2.45) is 0 Å². The fourth-order valence-electron chi connectivity index (χ4n) is 1.95. The molecule has 1 heterocycles.